The number of benzene rings is 2. The van der Waals surface area contributed by atoms with Crippen molar-refractivity contribution in [2.45, 2.75) is 58.1 Å². The number of nitrogens with one attached hydrogen (secondary N) is 2. The molecule has 0 saturated carbocycles. The summed E-state index contributed by atoms with van der Waals surface area (Å²) in [6.45, 7) is 11.2. The van der Waals surface area contributed by atoms with Gasteiger partial charge >= 0.3 is 0 Å². The molecule has 1 saturated heterocycles. The number of aliphatic hydroxyl groups is 1. The largest absolute Gasteiger partial charge is 0.491 e. The summed E-state index contributed by atoms with van der Waals surface area (Å²) in [7, 11) is 0. The first-order chi connectivity index (χ1) is 18.0. The van der Waals surface area contributed by atoms with Crippen molar-refractivity contribution in [3.8, 4) is 5.75 Å². The Bertz CT molecular complexity index is 883. The molecule has 1 aliphatic heterocycles. The molecule has 2 aromatic carbocycles. The molecule has 0 radical (unpaired) electrons. The predicted octanol–water partition coefficient (Wildman–Crippen LogP) is 3.47. The van der Waals surface area contributed by atoms with Gasteiger partial charge in [-0.25, -0.2) is 0 Å². The van der Waals surface area contributed by atoms with Gasteiger partial charge in [-0.2, -0.15) is 0 Å². The van der Waals surface area contributed by atoms with Gasteiger partial charge in [0.05, 0.1) is 6.42 Å². The summed E-state index contributed by atoms with van der Waals surface area (Å²) in [6.07, 6.45) is 4.42. The molecule has 1 aliphatic rings. The second kappa shape index (κ2) is 16.3. The van der Waals surface area contributed by atoms with E-state index in [-0.39, 0.29) is 12.5 Å². The van der Waals surface area contributed by atoms with Crippen molar-refractivity contribution >= 4 is 11.6 Å². The molecule has 3 N–H and O–H groups in total. The number of rotatable bonds is 16. The lowest BCUT2D eigenvalue weighted by molar-refractivity contribution is -0.120. The highest BCUT2D eigenvalue weighted by Crippen LogP contribution is 2.16. The number of anilines is 1. The summed E-state index contributed by atoms with van der Waals surface area (Å²) >= 11 is 0. The van der Waals surface area contributed by atoms with Crippen molar-refractivity contribution in [3.05, 3.63) is 60.2 Å². The van der Waals surface area contributed by atoms with E-state index in [9.17, 15) is 9.90 Å². The molecule has 1 heterocycles. The number of nitrogens with zero attached hydrogens (tertiary/aromatic N) is 2. The van der Waals surface area contributed by atoms with E-state index >= 15 is 0 Å². The zero-order valence-corrected chi connectivity index (χ0v) is 22.7. The zero-order chi connectivity index (χ0) is 26.3. The lowest BCUT2D eigenvalue weighted by atomic mass is 10.1. The van der Waals surface area contributed by atoms with E-state index in [4.69, 9.17) is 4.74 Å². The summed E-state index contributed by atoms with van der Waals surface area (Å²) in [5, 5.41) is 16.2. The third-order valence-corrected chi connectivity index (χ3v) is 6.71. The molecule has 0 bridgehead atoms. The van der Waals surface area contributed by atoms with E-state index in [0.29, 0.717) is 24.8 Å². The Hall–Kier alpha value is -2.61. The van der Waals surface area contributed by atoms with Gasteiger partial charge in [0.15, 0.2) is 0 Å². The van der Waals surface area contributed by atoms with Crippen molar-refractivity contribution < 1.29 is 14.6 Å². The maximum absolute atomic E-state index is 12.3. The average molecular weight is 511 g/mol. The Labute approximate surface area is 223 Å². The third-order valence-electron chi connectivity index (χ3n) is 6.71. The first-order valence-electron chi connectivity index (χ1n) is 13.9. The maximum atomic E-state index is 12.3. The molecule has 0 aromatic heterocycles. The normalized spacial score (nSPS) is 15.1. The minimum Gasteiger partial charge on any atom is -0.491 e. The van der Waals surface area contributed by atoms with E-state index in [1.807, 2.05) is 38.1 Å². The van der Waals surface area contributed by atoms with Crippen LogP contribution in [0.5, 0.6) is 5.75 Å². The fraction of sp³-hybridized carbons (Fsp3) is 0.567. The minimum atomic E-state index is -0.552. The number of aliphatic hydroxyl groups excluding tert-OH is 1. The minimum absolute atomic E-state index is 0.0557. The fourth-order valence-electron chi connectivity index (χ4n) is 4.48. The van der Waals surface area contributed by atoms with Crippen molar-refractivity contribution in [2.24, 2.45) is 0 Å². The van der Waals surface area contributed by atoms with Crippen molar-refractivity contribution in [2.75, 3.05) is 57.3 Å². The number of carbonyl (C=O) groups is 1. The number of hydrogen-bond acceptors (Lipinski definition) is 6. The summed E-state index contributed by atoms with van der Waals surface area (Å²) in [6, 6.07) is 18.5. The van der Waals surface area contributed by atoms with Crippen molar-refractivity contribution in [1.29, 1.82) is 0 Å². The summed E-state index contributed by atoms with van der Waals surface area (Å²) in [5.74, 6) is 0.756. The number of ether oxygens (including phenoxy) is 1. The molecular weight excluding hydrogens is 464 g/mol. The highest BCUT2D eigenvalue weighted by Gasteiger charge is 2.16. The molecule has 37 heavy (non-hydrogen) atoms. The first kappa shape index (κ1) is 29.0. The van der Waals surface area contributed by atoms with Crippen molar-refractivity contribution in [3.63, 3.8) is 0 Å². The number of hydrogen-bond donors (Lipinski definition) is 3. The SMILES string of the molecule is CC(C)NCC(O)COc1ccc(CC(=O)NCCCCCCN2CCN(c3ccccc3)CC2)cc1. The first-order valence-corrected chi connectivity index (χ1v) is 13.9. The van der Waals surface area contributed by atoms with Gasteiger partial charge in [0, 0.05) is 51.0 Å². The van der Waals surface area contributed by atoms with Gasteiger partial charge < -0.3 is 25.4 Å². The summed E-state index contributed by atoms with van der Waals surface area (Å²) < 4.78 is 5.64. The molecule has 7 heteroatoms. The highest BCUT2D eigenvalue weighted by molar-refractivity contribution is 5.78. The van der Waals surface area contributed by atoms with Gasteiger partial charge in [-0.05, 0) is 49.2 Å². The van der Waals surface area contributed by atoms with Crippen LogP contribution in [-0.4, -0.2) is 80.5 Å². The van der Waals surface area contributed by atoms with Gasteiger partial charge in [0.25, 0.3) is 0 Å². The quantitative estimate of drug-likeness (QED) is 0.300. The van der Waals surface area contributed by atoms with Crippen molar-refractivity contribution in [1.82, 2.24) is 15.5 Å². The van der Waals surface area contributed by atoms with Crippen LogP contribution in [0.1, 0.15) is 45.1 Å². The molecule has 7 nitrogen and oxygen atoms in total. The molecule has 1 unspecified atom stereocenters. The molecular formula is C30H46N4O3. The van der Waals surface area contributed by atoms with E-state index < -0.39 is 6.10 Å². The fourth-order valence-corrected chi connectivity index (χ4v) is 4.48. The number of carbonyl (C=O) groups excluding carboxylic acids is 1. The third kappa shape index (κ3) is 11.5. The van der Waals surface area contributed by atoms with Crippen LogP contribution in [0, 0.1) is 0 Å². The van der Waals surface area contributed by atoms with E-state index in [1.165, 1.54) is 25.1 Å². The Morgan fingerprint density at radius 3 is 2.35 bits per heavy atom. The Kier molecular flexibility index (Phi) is 12.7. The smallest absolute Gasteiger partial charge is 0.224 e. The van der Waals surface area contributed by atoms with Gasteiger partial charge in [-0.1, -0.05) is 57.0 Å². The van der Waals surface area contributed by atoms with Crippen LogP contribution >= 0.6 is 0 Å². The molecule has 1 amide bonds. The Morgan fingerprint density at radius 1 is 0.946 bits per heavy atom. The standard InChI is InChI=1S/C30H46N4O3/c1-25(2)32-23-28(35)24-37-29-14-12-26(13-15-29)22-30(36)31-16-8-3-4-9-17-33-18-20-34(21-19-33)27-10-6-5-7-11-27/h5-7,10-15,25,28,32,35H,3-4,8-9,16-24H2,1-2H3,(H,31,36). The topological polar surface area (TPSA) is 77.1 Å². The van der Waals surface area contributed by atoms with Crippen LogP contribution in [-0.2, 0) is 11.2 Å². The van der Waals surface area contributed by atoms with E-state index in [1.54, 1.807) is 0 Å². The van der Waals surface area contributed by atoms with Gasteiger partial charge in [0.2, 0.25) is 5.91 Å². The monoisotopic (exact) mass is 510 g/mol. The number of para-hydroxylation sites is 1. The van der Waals surface area contributed by atoms with Gasteiger partial charge in [-0.15, -0.1) is 0 Å². The van der Waals surface area contributed by atoms with Crippen LogP contribution in [0.15, 0.2) is 54.6 Å². The lowest BCUT2D eigenvalue weighted by Crippen LogP contribution is -2.46. The van der Waals surface area contributed by atoms with Gasteiger partial charge in [-0.3, -0.25) is 9.69 Å². The molecule has 0 aliphatic carbocycles. The molecule has 3 rings (SSSR count). The van der Waals surface area contributed by atoms with Crippen LogP contribution in [0.4, 0.5) is 5.69 Å². The zero-order valence-electron chi connectivity index (χ0n) is 22.7. The average Bonchev–Trinajstić information content (AvgIpc) is 2.92. The number of piperazine rings is 1. The Balaban J connectivity index is 1.18. The maximum Gasteiger partial charge on any atom is 0.224 e. The van der Waals surface area contributed by atoms with Crippen LogP contribution in [0.2, 0.25) is 0 Å². The molecule has 204 valence electrons. The van der Waals surface area contributed by atoms with Crippen LogP contribution in [0.3, 0.4) is 0 Å². The predicted molar refractivity (Wildman–Crippen MR) is 151 cm³/mol. The van der Waals surface area contributed by atoms with Gasteiger partial charge in [0.1, 0.15) is 18.5 Å². The molecule has 0 spiro atoms. The summed E-state index contributed by atoms with van der Waals surface area (Å²) in [5.41, 5.74) is 2.29. The second-order valence-corrected chi connectivity index (χ2v) is 10.3. The second-order valence-electron chi connectivity index (χ2n) is 10.3. The van der Waals surface area contributed by atoms with Crippen LogP contribution in [0.25, 0.3) is 0 Å². The number of amides is 1. The highest BCUT2D eigenvalue weighted by atomic mass is 16.5. The number of unbranched alkanes of at least 4 members (excludes halogenated alkanes) is 3. The molecule has 1 atom stereocenters. The Morgan fingerprint density at radius 2 is 1.65 bits per heavy atom. The molecule has 1 fully saturated rings. The lowest BCUT2D eigenvalue weighted by Gasteiger charge is -2.36. The molecule has 2 aromatic rings. The van der Waals surface area contributed by atoms with Crippen LogP contribution < -0.4 is 20.3 Å². The summed E-state index contributed by atoms with van der Waals surface area (Å²) in [4.78, 5) is 17.3. The van der Waals surface area contributed by atoms with E-state index in [0.717, 1.165) is 51.1 Å². The van der Waals surface area contributed by atoms with E-state index in [2.05, 4.69) is 50.8 Å².